The topological polar surface area (TPSA) is 67.3 Å². The highest BCUT2D eigenvalue weighted by atomic mass is 16.6. The molecule has 0 bridgehead atoms. The quantitative estimate of drug-likeness (QED) is 0.917. The Labute approximate surface area is 119 Å². The first-order chi connectivity index (χ1) is 9.58. The number of likely N-dealkylation sites (tertiary alicyclic amines) is 1. The summed E-state index contributed by atoms with van der Waals surface area (Å²) in [6.07, 6.45) is 1.60. The van der Waals surface area contributed by atoms with E-state index in [4.69, 9.17) is 4.74 Å². The molecule has 2 heterocycles. The molecule has 1 aliphatic rings. The molecule has 0 unspecified atom stereocenters. The van der Waals surface area contributed by atoms with Gasteiger partial charge in [-0.1, -0.05) is 0 Å². The molecule has 6 heteroatoms. The van der Waals surface area contributed by atoms with Gasteiger partial charge in [0.1, 0.15) is 11.6 Å². The highest BCUT2D eigenvalue weighted by Crippen LogP contribution is 2.16. The molecule has 1 aromatic heterocycles. The van der Waals surface area contributed by atoms with Crippen LogP contribution in [0.5, 0.6) is 0 Å². The minimum atomic E-state index is -0.209. The van der Waals surface area contributed by atoms with E-state index in [1.54, 1.807) is 4.90 Å². The minimum absolute atomic E-state index is 0.209. The second-order valence-electron chi connectivity index (χ2n) is 5.05. The van der Waals surface area contributed by atoms with Crippen LogP contribution in [0.1, 0.15) is 31.3 Å². The molecule has 0 aliphatic carbocycles. The first kappa shape index (κ1) is 14.6. The van der Waals surface area contributed by atoms with E-state index in [1.807, 2.05) is 26.8 Å². The van der Waals surface area contributed by atoms with E-state index in [2.05, 4.69) is 15.3 Å². The summed E-state index contributed by atoms with van der Waals surface area (Å²) in [5, 5.41) is 3.42. The van der Waals surface area contributed by atoms with E-state index >= 15 is 0 Å². The Bertz CT molecular complexity index is 450. The van der Waals surface area contributed by atoms with Gasteiger partial charge in [-0.05, 0) is 33.6 Å². The molecule has 20 heavy (non-hydrogen) atoms. The lowest BCUT2D eigenvalue weighted by atomic mass is 10.1. The maximum absolute atomic E-state index is 11.6. The third-order valence-electron chi connectivity index (χ3n) is 3.34. The zero-order valence-electron chi connectivity index (χ0n) is 12.3. The summed E-state index contributed by atoms with van der Waals surface area (Å²) >= 11 is 0. The summed E-state index contributed by atoms with van der Waals surface area (Å²) in [6, 6.07) is 2.29. The van der Waals surface area contributed by atoms with Gasteiger partial charge in [-0.3, -0.25) is 0 Å². The molecule has 1 N–H and O–H groups in total. The number of rotatable bonds is 3. The maximum Gasteiger partial charge on any atom is 0.409 e. The Kier molecular flexibility index (Phi) is 4.76. The minimum Gasteiger partial charge on any atom is -0.450 e. The number of piperidine rings is 1. The third-order valence-corrected chi connectivity index (χ3v) is 3.34. The summed E-state index contributed by atoms with van der Waals surface area (Å²) in [6.45, 7) is 7.55. The van der Waals surface area contributed by atoms with Crippen molar-refractivity contribution in [2.45, 2.75) is 39.7 Å². The van der Waals surface area contributed by atoms with Crippen molar-refractivity contribution in [2.24, 2.45) is 0 Å². The Morgan fingerprint density at radius 2 is 2.10 bits per heavy atom. The molecule has 0 aromatic carbocycles. The highest BCUT2D eigenvalue weighted by molar-refractivity contribution is 5.67. The van der Waals surface area contributed by atoms with Crippen LogP contribution in [0.4, 0.5) is 10.6 Å². The molecule has 1 saturated heterocycles. The van der Waals surface area contributed by atoms with Crippen LogP contribution in [0.25, 0.3) is 0 Å². The van der Waals surface area contributed by atoms with Crippen LogP contribution in [-0.4, -0.2) is 46.7 Å². The van der Waals surface area contributed by atoms with E-state index in [-0.39, 0.29) is 6.09 Å². The number of anilines is 1. The van der Waals surface area contributed by atoms with Gasteiger partial charge in [-0.2, -0.15) is 0 Å². The number of carbonyl (C=O) groups excluding carboxylic acids is 1. The number of aromatic nitrogens is 2. The lowest BCUT2D eigenvalue weighted by Crippen LogP contribution is -2.42. The van der Waals surface area contributed by atoms with Crippen LogP contribution in [0, 0.1) is 13.8 Å². The number of hydrogen-bond acceptors (Lipinski definition) is 5. The van der Waals surface area contributed by atoms with Gasteiger partial charge in [0.05, 0.1) is 6.61 Å². The smallest absolute Gasteiger partial charge is 0.409 e. The van der Waals surface area contributed by atoms with Crippen molar-refractivity contribution in [3.05, 3.63) is 17.6 Å². The summed E-state index contributed by atoms with van der Waals surface area (Å²) in [4.78, 5) is 22.0. The molecule has 0 radical (unpaired) electrons. The van der Waals surface area contributed by atoms with Crippen LogP contribution in [-0.2, 0) is 4.74 Å². The Morgan fingerprint density at radius 3 is 2.70 bits per heavy atom. The maximum atomic E-state index is 11.6. The zero-order valence-corrected chi connectivity index (χ0v) is 12.3. The third kappa shape index (κ3) is 3.82. The fourth-order valence-corrected chi connectivity index (χ4v) is 2.42. The van der Waals surface area contributed by atoms with E-state index in [0.717, 1.165) is 43.3 Å². The van der Waals surface area contributed by atoms with Gasteiger partial charge >= 0.3 is 6.09 Å². The van der Waals surface area contributed by atoms with E-state index in [1.165, 1.54) is 0 Å². The van der Waals surface area contributed by atoms with Gasteiger partial charge in [0.15, 0.2) is 0 Å². The van der Waals surface area contributed by atoms with Crippen LogP contribution in [0.3, 0.4) is 0 Å². The highest BCUT2D eigenvalue weighted by Gasteiger charge is 2.23. The molecule has 2 rings (SSSR count). The Balaban J connectivity index is 1.86. The van der Waals surface area contributed by atoms with Gasteiger partial charge in [0.2, 0.25) is 0 Å². The molecule has 1 aliphatic heterocycles. The molecule has 0 atom stereocenters. The molecule has 0 saturated carbocycles. The molecule has 1 fully saturated rings. The Hall–Kier alpha value is -1.85. The van der Waals surface area contributed by atoms with Crippen molar-refractivity contribution in [1.29, 1.82) is 0 Å². The van der Waals surface area contributed by atoms with Crippen molar-refractivity contribution in [3.8, 4) is 0 Å². The molecule has 1 aromatic rings. The lowest BCUT2D eigenvalue weighted by molar-refractivity contribution is 0.0983. The molecule has 110 valence electrons. The predicted octanol–water partition coefficient (Wildman–Crippen LogP) is 2.13. The number of ether oxygens (including phenoxy) is 1. The molecule has 1 amide bonds. The zero-order chi connectivity index (χ0) is 14.5. The van der Waals surface area contributed by atoms with Crippen molar-refractivity contribution in [1.82, 2.24) is 14.9 Å². The molecular formula is C14H22N4O2. The average Bonchev–Trinajstić information content (AvgIpc) is 2.38. The number of hydrogen-bond donors (Lipinski definition) is 1. The van der Waals surface area contributed by atoms with Crippen molar-refractivity contribution >= 4 is 11.9 Å². The monoisotopic (exact) mass is 278 g/mol. The van der Waals surface area contributed by atoms with Crippen LogP contribution in [0.2, 0.25) is 0 Å². The van der Waals surface area contributed by atoms with Crippen molar-refractivity contribution in [3.63, 3.8) is 0 Å². The fourth-order valence-electron chi connectivity index (χ4n) is 2.42. The van der Waals surface area contributed by atoms with Gasteiger partial charge in [-0.15, -0.1) is 0 Å². The van der Waals surface area contributed by atoms with Gasteiger partial charge in [0, 0.05) is 30.9 Å². The van der Waals surface area contributed by atoms with Crippen LogP contribution < -0.4 is 5.32 Å². The molecular weight excluding hydrogens is 256 g/mol. The molecule has 0 spiro atoms. The summed E-state index contributed by atoms with van der Waals surface area (Å²) in [7, 11) is 0. The normalized spacial score (nSPS) is 16.1. The number of nitrogens with zero attached hydrogens (tertiary/aromatic N) is 3. The SMILES string of the molecule is CCOC(=O)N1CCC(Nc2cc(C)nc(C)n2)CC1. The lowest BCUT2D eigenvalue weighted by Gasteiger charge is -2.31. The molecule has 6 nitrogen and oxygen atoms in total. The second-order valence-corrected chi connectivity index (χ2v) is 5.05. The number of carbonyl (C=O) groups is 1. The second kappa shape index (κ2) is 6.54. The van der Waals surface area contributed by atoms with Crippen LogP contribution in [0.15, 0.2) is 6.07 Å². The standard InChI is InChI=1S/C14H22N4O2/c1-4-20-14(19)18-7-5-12(6-8-18)17-13-9-10(2)15-11(3)16-13/h9,12H,4-8H2,1-3H3,(H,15,16,17). The first-order valence-electron chi connectivity index (χ1n) is 7.09. The largest absolute Gasteiger partial charge is 0.450 e. The number of nitrogens with one attached hydrogen (secondary N) is 1. The first-order valence-corrected chi connectivity index (χ1v) is 7.09. The van der Waals surface area contributed by atoms with E-state index in [9.17, 15) is 4.79 Å². The van der Waals surface area contributed by atoms with E-state index in [0.29, 0.717) is 12.6 Å². The number of amides is 1. The average molecular weight is 278 g/mol. The summed E-state index contributed by atoms with van der Waals surface area (Å²) in [5.41, 5.74) is 0.962. The van der Waals surface area contributed by atoms with E-state index < -0.39 is 0 Å². The summed E-state index contributed by atoms with van der Waals surface area (Å²) in [5.74, 6) is 1.64. The van der Waals surface area contributed by atoms with Gasteiger partial charge in [0.25, 0.3) is 0 Å². The predicted molar refractivity (Wildman–Crippen MR) is 76.7 cm³/mol. The van der Waals surface area contributed by atoms with Gasteiger partial charge < -0.3 is 15.0 Å². The number of aryl methyl sites for hydroxylation is 2. The van der Waals surface area contributed by atoms with Crippen LogP contribution >= 0.6 is 0 Å². The van der Waals surface area contributed by atoms with Crippen molar-refractivity contribution in [2.75, 3.05) is 25.0 Å². The fraction of sp³-hybridized carbons (Fsp3) is 0.643. The van der Waals surface area contributed by atoms with Gasteiger partial charge in [-0.25, -0.2) is 14.8 Å². The Morgan fingerprint density at radius 1 is 1.40 bits per heavy atom. The summed E-state index contributed by atoms with van der Waals surface area (Å²) < 4.78 is 5.01. The van der Waals surface area contributed by atoms with Crippen molar-refractivity contribution < 1.29 is 9.53 Å².